The zero-order valence-electron chi connectivity index (χ0n) is 14.3. The number of methoxy groups -OCH3 is 2. The van der Waals surface area contributed by atoms with Gasteiger partial charge in [0.15, 0.2) is 11.5 Å². The summed E-state index contributed by atoms with van der Waals surface area (Å²) in [5.41, 5.74) is 5.42. The number of carbonyl (C=O) groups excluding carboxylic acids is 2. The monoisotopic (exact) mass is 335 g/mol. The lowest BCUT2D eigenvalue weighted by Gasteiger charge is -2.27. The molecule has 1 fully saturated rings. The maximum absolute atomic E-state index is 12.3. The molecule has 1 aliphatic rings. The molecule has 1 unspecified atom stereocenters. The molecule has 2 rings (SSSR count). The van der Waals surface area contributed by atoms with E-state index in [9.17, 15) is 9.59 Å². The standard InChI is InChI=1S/C17H25N3O4/c1-11(12-6-7-13(23-2)14(10-12)24-3)19-16(22)20-17(15(18)21)8-4-5-9-17/h6-7,10-11H,4-5,8-9H2,1-3H3,(H2,18,21)(H2,19,20,22). The third-order valence-electron chi connectivity index (χ3n) is 4.54. The summed E-state index contributed by atoms with van der Waals surface area (Å²) in [7, 11) is 3.13. The maximum Gasteiger partial charge on any atom is 0.316 e. The van der Waals surface area contributed by atoms with Crippen LogP contribution in [0, 0.1) is 0 Å². The maximum atomic E-state index is 12.3. The second-order valence-corrected chi connectivity index (χ2v) is 6.09. The third kappa shape index (κ3) is 3.72. The molecule has 1 aliphatic carbocycles. The Morgan fingerprint density at radius 2 is 1.79 bits per heavy atom. The van der Waals surface area contributed by atoms with Crippen molar-refractivity contribution in [3.63, 3.8) is 0 Å². The first-order valence-corrected chi connectivity index (χ1v) is 8.02. The van der Waals surface area contributed by atoms with E-state index in [1.807, 2.05) is 19.1 Å². The van der Waals surface area contributed by atoms with Gasteiger partial charge in [-0.3, -0.25) is 4.79 Å². The van der Waals surface area contributed by atoms with Crippen molar-refractivity contribution < 1.29 is 19.1 Å². The first-order chi connectivity index (χ1) is 11.4. The number of nitrogens with one attached hydrogen (secondary N) is 2. The van der Waals surface area contributed by atoms with Gasteiger partial charge in [-0.1, -0.05) is 18.9 Å². The predicted octanol–water partition coefficient (Wildman–Crippen LogP) is 1.86. The molecule has 24 heavy (non-hydrogen) atoms. The van der Waals surface area contributed by atoms with Gasteiger partial charge in [-0.15, -0.1) is 0 Å². The minimum atomic E-state index is -0.929. The number of urea groups is 1. The van der Waals surface area contributed by atoms with Crippen molar-refractivity contribution >= 4 is 11.9 Å². The minimum absolute atomic E-state index is 0.267. The molecule has 0 heterocycles. The number of amides is 3. The summed E-state index contributed by atoms with van der Waals surface area (Å²) in [6.07, 6.45) is 2.93. The molecule has 1 atom stereocenters. The van der Waals surface area contributed by atoms with Crippen LogP contribution in [0.3, 0.4) is 0 Å². The van der Waals surface area contributed by atoms with Crippen LogP contribution in [0.4, 0.5) is 4.79 Å². The summed E-state index contributed by atoms with van der Waals surface area (Å²) in [6, 6.07) is 4.77. The highest BCUT2D eigenvalue weighted by molar-refractivity contribution is 5.90. The molecule has 4 N–H and O–H groups in total. The third-order valence-corrected chi connectivity index (χ3v) is 4.54. The van der Waals surface area contributed by atoms with E-state index in [0.29, 0.717) is 24.3 Å². The van der Waals surface area contributed by atoms with Crippen LogP contribution in [0.25, 0.3) is 0 Å². The Bertz CT molecular complexity index is 612. The van der Waals surface area contributed by atoms with Crippen LogP contribution in [0.5, 0.6) is 11.5 Å². The van der Waals surface area contributed by atoms with Crippen molar-refractivity contribution in [1.82, 2.24) is 10.6 Å². The van der Waals surface area contributed by atoms with Gasteiger partial charge in [0.2, 0.25) is 5.91 Å². The molecule has 0 radical (unpaired) electrons. The number of ether oxygens (including phenoxy) is 2. The minimum Gasteiger partial charge on any atom is -0.493 e. The molecular formula is C17H25N3O4. The Morgan fingerprint density at radius 1 is 1.17 bits per heavy atom. The number of hydrogen-bond donors (Lipinski definition) is 3. The molecule has 1 saturated carbocycles. The number of rotatable bonds is 6. The molecule has 0 aromatic heterocycles. The highest BCUT2D eigenvalue weighted by atomic mass is 16.5. The molecule has 0 bridgehead atoms. The van der Waals surface area contributed by atoms with E-state index in [0.717, 1.165) is 18.4 Å². The van der Waals surface area contributed by atoms with Gasteiger partial charge in [-0.2, -0.15) is 0 Å². The summed E-state index contributed by atoms with van der Waals surface area (Å²) >= 11 is 0. The topological polar surface area (TPSA) is 103 Å². The Kier molecular flexibility index (Phi) is 5.54. The van der Waals surface area contributed by atoms with E-state index in [1.165, 1.54) is 0 Å². The van der Waals surface area contributed by atoms with Crippen LogP contribution >= 0.6 is 0 Å². The zero-order chi connectivity index (χ0) is 17.7. The molecule has 7 nitrogen and oxygen atoms in total. The molecule has 0 aliphatic heterocycles. The smallest absolute Gasteiger partial charge is 0.316 e. The fourth-order valence-electron chi connectivity index (χ4n) is 3.07. The summed E-state index contributed by atoms with van der Waals surface area (Å²) in [5, 5.41) is 5.60. The van der Waals surface area contributed by atoms with Crippen LogP contribution in [-0.2, 0) is 4.79 Å². The molecule has 132 valence electrons. The Morgan fingerprint density at radius 3 is 2.33 bits per heavy atom. The SMILES string of the molecule is COc1ccc(C(C)NC(=O)NC2(C(N)=O)CCCC2)cc1OC. The van der Waals surface area contributed by atoms with Gasteiger partial charge < -0.3 is 25.8 Å². The van der Waals surface area contributed by atoms with Gasteiger partial charge >= 0.3 is 6.03 Å². The lowest BCUT2D eigenvalue weighted by atomic mass is 9.97. The van der Waals surface area contributed by atoms with Crippen molar-refractivity contribution in [2.75, 3.05) is 14.2 Å². The van der Waals surface area contributed by atoms with E-state index < -0.39 is 17.5 Å². The van der Waals surface area contributed by atoms with E-state index >= 15 is 0 Å². The molecule has 0 spiro atoms. The number of primary amides is 1. The fraction of sp³-hybridized carbons (Fsp3) is 0.529. The van der Waals surface area contributed by atoms with Crippen LogP contribution in [0.1, 0.15) is 44.2 Å². The van der Waals surface area contributed by atoms with Gasteiger partial charge in [0.05, 0.1) is 20.3 Å². The first kappa shape index (κ1) is 17.9. The summed E-state index contributed by atoms with van der Waals surface area (Å²) in [5.74, 6) is 0.735. The van der Waals surface area contributed by atoms with Crippen molar-refractivity contribution in [2.24, 2.45) is 5.73 Å². The molecule has 3 amide bonds. The Labute approximate surface area is 141 Å². The quantitative estimate of drug-likeness (QED) is 0.738. The van der Waals surface area contributed by atoms with E-state index in [4.69, 9.17) is 15.2 Å². The number of hydrogen-bond acceptors (Lipinski definition) is 4. The zero-order valence-corrected chi connectivity index (χ0v) is 14.3. The molecule has 1 aromatic carbocycles. The Hall–Kier alpha value is -2.44. The van der Waals surface area contributed by atoms with Crippen LogP contribution in [-0.4, -0.2) is 31.7 Å². The molecule has 0 saturated heterocycles. The van der Waals surface area contributed by atoms with Gasteiger partial charge in [0.25, 0.3) is 0 Å². The predicted molar refractivity (Wildman–Crippen MR) is 90.0 cm³/mol. The average Bonchev–Trinajstić information content (AvgIpc) is 3.03. The number of benzene rings is 1. The highest BCUT2D eigenvalue weighted by Crippen LogP contribution is 2.31. The lowest BCUT2D eigenvalue weighted by Crippen LogP contribution is -2.58. The Balaban J connectivity index is 2.05. The summed E-state index contributed by atoms with van der Waals surface area (Å²) in [4.78, 5) is 24.0. The number of carbonyl (C=O) groups is 2. The average molecular weight is 335 g/mol. The first-order valence-electron chi connectivity index (χ1n) is 8.02. The summed E-state index contributed by atoms with van der Waals surface area (Å²) in [6.45, 7) is 1.85. The molecule has 7 heteroatoms. The number of nitrogens with two attached hydrogens (primary N) is 1. The van der Waals surface area contributed by atoms with Crippen molar-refractivity contribution in [3.8, 4) is 11.5 Å². The van der Waals surface area contributed by atoms with E-state index in [-0.39, 0.29) is 6.04 Å². The summed E-state index contributed by atoms with van der Waals surface area (Å²) < 4.78 is 10.5. The van der Waals surface area contributed by atoms with Gasteiger partial charge in [-0.05, 0) is 37.5 Å². The second-order valence-electron chi connectivity index (χ2n) is 6.09. The highest BCUT2D eigenvalue weighted by Gasteiger charge is 2.41. The van der Waals surface area contributed by atoms with Gasteiger partial charge in [0, 0.05) is 0 Å². The van der Waals surface area contributed by atoms with Crippen LogP contribution in [0.15, 0.2) is 18.2 Å². The molecule has 1 aromatic rings. The second kappa shape index (κ2) is 7.42. The van der Waals surface area contributed by atoms with E-state index in [1.54, 1.807) is 20.3 Å². The normalized spacial score (nSPS) is 17.0. The van der Waals surface area contributed by atoms with Gasteiger partial charge in [0.1, 0.15) is 5.54 Å². The van der Waals surface area contributed by atoms with Crippen molar-refractivity contribution in [2.45, 2.75) is 44.2 Å². The fourth-order valence-corrected chi connectivity index (χ4v) is 3.07. The van der Waals surface area contributed by atoms with Crippen molar-refractivity contribution in [1.29, 1.82) is 0 Å². The molecular weight excluding hydrogens is 310 g/mol. The van der Waals surface area contributed by atoms with Crippen LogP contribution < -0.4 is 25.8 Å². The lowest BCUT2D eigenvalue weighted by molar-refractivity contribution is -0.123. The van der Waals surface area contributed by atoms with E-state index in [2.05, 4.69) is 10.6 Å². The van der Waals surface area contributed by atoms with Crippen molar-refractivity contribution in [3.05, 3.63) is 23.8 Å². The largest absolute Gasteiger partial charge is 0.493 e. The van der Waals surface area contributed by atoms with Gasteiger partial charge in [-0.25, -0.2) is 4.79 Å². The van der Waals surface area contributed by atoms with Crippen LogP contribution in [0.2, 0.25) is 0 Å².